The highest BCUT2D eigenvalue weighted by Crippen LogP contribution is 2.32. The minimum absolute atomic E-state index is 0.0234. The van der Waals surface area contributed by atoms with E-state index in [0.717, 1.165) is 5.69 Å². The van der Waals surface area contributed by atoms with Gasteiger partial charge in [0.25, 0.3) is 5.69 Å². The van der Waals surface area contributed by atoms with E-state index in [2.05, 4.69) is 24.1 Å². The first-order chi connectivity index (χ1) is 8.38. The molecule has 2 unspecified atom stereocenters. The summed E-state index contributed by atoms with van der Waals surface area (Å²) in [6, 6.07) is 3.37. The second-order valence-corrected chi connectivity index (χ2v) is 4.96. The lowest BCUT2D eigenvalue weighted by Crippen LogP contribution is -2.33. The summed E-state index contributed by atoms with van der Waals surface area (Å²) >= 11 is 0. The molecule has 18 heavy (non-hydrogen) atoms. The van der Waals surface area contributed by atoms with Crippen molar-refractivity contribution >= 4 is 5.69 Å². The molecule has 2 atom stereocenters. The van der Waals surface area contributed by atoms with Crippen LogP contribution >= 0.6 is 0 Å². The van der Waals surface area contributed by atoms with Gasteiger partial charge in [-0.3, -0.25) is 15.1 Å². The van der Waals surface area contributed by atoms with Crippen molar-refractivity contribution in [2.24, 2.45) is 5.92 Å². The zero-order valence-corrected chi connectivity index (χ0v) is 11.6. The van der Waals surface area contributed by atoms with Crippen LogP contribution in [0.15, 0.2) is 12.1 Å². The summed E-state index contributed by atoms with van der Waals surface area (Å²) in [6.45, 7) is 8.01. The monoisotopic (exact) mass is 251 g/mol. The molecule has 1 N–H and O–H groups in total. The maximum absolute atomic E-state index is 11.1. The number of nitrogens with one attached hydrogen (secondary N) is 1. The molecule has 0 fully saturated rings. The van der Waals surface area contributed by atoms with Gasteiger partial charge in [0.05, 0.1) is 4.92 Å². The van der Waals surface area contributed by atoms with Crippen LogP contribution in [0.2, 0.25) is 0 Å². The lowest BCUT2D eigenvalue weighted by atomic mass is 9.85. The lowest BCUT2D eigenvalue weighted by Gasteiger charge is -2.26. The predicted octanol–water partition coefficient (Wildman–Crippen LogP) is 2.65. The first-order valence-corrected chi connectivity index (χ1v) is 6.17. The van der Waals surface area contributed by atoms with Gasteiger partial charge < -0.3 is 5.32 Å². The summed E-state index contributed by atoms with van der Waals surface area (Å²) in [5.41, 5.74) is 1.50. The maximum Gasteiger partial charge on any atom is 0.291 e. The summed E-state index contributed by atoms with van der Waals surface area (Å²) in [6.07, 6.45) is 0. The summed E-state index contributed by atoms with van der Waals surface area (Å²) < 4.78 is 0. The highest BCUT2D eigenvalue weighted by molar-refractivity contribution is 5.39. The number of hydrogen-bond donors (Lipinski definition) is 1. The molecule has 100 valence electrons. The van der Waals surface area contributed by atoms with E-state index < -0.39 is 0 Å². The molecular formula is C13H21N3O2. The Hall–Kier alpha value is -1.49. The van der Waals surface area contributed by atoms with Gasteiger partial charge in [0.2, 0.25) is 0 Å². The number of likely N-dealkylation sites (N-methyl/N-ethyl adjacent to an activating group) is 1. The molecular weight excluding hydrogens is 230 g/mol. The molecule has 0 aliphatic carbocycles. The molecule has 0 radical (unpaired) electrons. The molecule has 5 heteroatoms. The van der Waals surface area contributed by atoms with Gasteiger partial charge in [0.1, 0.15) is 5.69 Å². The molecule has 1 aromatic heterocycles. The van der Waals surface area contributed by atoms with Gasteiger partial charge in [-0.25, -0.2) is 0 Å². The van der Waals surface area contributed by atoms with Gasteiger partial charge in [-0.2, -0.15) is 0 Å². The predicted molar refractivity (Wildman–Crippen MR) is 71.7 cm³/mol. The third kappa shape index (κ3) is 3.04. The second-order valence-electron chi connectivity index (χ2n) is 4.96. The van der Waals surface area contributed by atoms with Gasteiger partial charge in [0, 0.05) is 23.7 Å². The number of nitrogens with zero attached hydrogens (tertiary/aromatic N) is 2. The van der Waals surface area contributed by atoms with Crippen molar-refractivity contribution in [2.45, 2.75) is 39.7 Å². The largest absolute Gasteiger partial charge is 0.317 e. The first-order valence-electron chi connectivity index (χ1n) is 6.17. The average Bonchev–Trinajstić information content (AvgIpc) is 2.28. The summed E-state index contributed by atoms with van der Waals surface area (Å²) in [4.78, 5) is 15.2. The van der Waals surface area contributed by atoms with Gasteiger partial charge in [-0.05, 0) is 32.9 Å². The number of aryl methyl sites for hydroxylation is 1. The average molecular weight is 251 g/mol. The van der Waals surface area contributed by atoms with Gasteiger partial charge in [0.15, 0.2) is 0 Å². The van der Waals surface area contributed by atoms with Crippen molar-refractivity contribution in [3.8, 4) is 0 Å². The topological polar surface area (TPSA) is 68.1 Å². The zero-order chi connectivity index (χ0) is 13.9. The molecule has 0 amide bonds. The van der Waals surface area contributed by atoms with Gasteiger partial charge in [-0.15, -0.1) is 0 Å². The van der Waals surface area contributed by atoms with Gasteiger partial charge in [-0.1, -0.05) is 13.8 Å². The number of nitro groups is 1. The van der Waals surface area contributed by atoms with Crippen LogP contribution in [0.1, 0.15) is 38.1 Å². The van der Waals surface area contributed by atoms with Crippen LogP contribution in [-0.4, -0.2) is 23.0 Å². The third-order valence-electron chi connectivity index (χ3n) is 3.27. The Bertz CT molecular complexity index is 432. The molecule has 0 saturated carbocycles. The van der Waals surface area contributed by atoms with Crippen molar-refractivity contribution in [1.82, 2.24) is 10.3 Å². The smallest absolute Gasteiger partial charge is 0.291 e. The fourth-order valence-electron chi connectivity index (χ4n) is 2.28. The number of pyridine rings is 1. The number of hydrogen-bond acceptors (Lipinski definition) is 4. The van der Waals surface area contributed by atoms with Crippen molar-refractivity contribution in [1.29, 1.82) is 0 Å². The Morgan fingerprint density at radius 1 is 1.33 bits per heavy atom. The van der Waals surface area contributed by atoms with E-state index in [1.807, 2.05) is 20.9 Å². The third-order valence-corrected chi connectivity index (χ3v) is 3.27. The Kier molecular flexibility index (Phi) is 4.78. The number of aromatic nitrogens is 1. The molecule has 0 saturated heterocycles. The highest BCUT2D eigenvalue weighted by Gasteiger charge is 2.30. The van der Waals surface area contributed by atoms with Crippen LogP contribution in [0.4, 0.5) is 5.69 Å². The van der Waals surface area contributed by atoms with Crippen LogP contribution in [0.25, 0.3) is 0 Å². The highest BCUT2D eigenvalue weighted by atomic mass is 16.6. The standard InChI is InChI=1S/C13H21N3O2/c1-8(2)12(10(4)14-5)13-11(16(17)18)7-6-9(3)15-13/h6-8,10,12,14H,1-5H3. The molecule has 0 aromatic carbocycles. The van der Waals surface area contributed by atoms with Crippen LogP contribution in [0.3, 0.4) is 0 Å². The summed E-state index contributed by atoms with van der Waals surface area (Å²) in [5, 5.41) is 14.3. The van der Waals surface area contributed by atoms with Crippen molar-refractivity contribution < 1.29 is 4.92 Å². The quantitative estimate of drug-likeness (QED) is 0.645. The molecule has 5 nitrogen and oxygen atoms in total. The van der Waals surface area contributed by atoms with E-state index in [-0.39, 0.29) is 28.5 Å². The summed E-state index contributed by atoms with van der Waals surface area (Å²) in [7, 11) is 1.86. The summed E-state index contributed by atoms with van der Waals surface area (Å²) in [5.74, 6) is 0.302. The zero-order valence-electron chi connectivity index (χ0n) is 11.6. The van der Waals surface area contributed by atoms with Crippen molar-refractivity contribution in [3.63, 3.8) is 0 Å². The maximum atomic E-state index is 11.1. The van der Waals surface area contributed by atoms with E-state index in [9.17, 15) is 10.1 Å². The molecule has 0 aliphatic heterocycles. The molecule has 0 bridgehead atoms. The first kappa shape index (κ1) is 14.6. The second kappa shape index (κ2) is 5.91. The minimum Gasteiger partial charge on any atom is -0.317 e. The Morgan fingerprint density at radius 3 is 2.39 bits per heavy atom. The fourth-order valence-corrected chi connectivity index (χ4v) is 2.28. The lowest BCUT2D eigenvalue weighted by molar-refractivity contribution is -0.386. The van der Waals surface area contributed by atoms with Crippen LogP contribution in [0, 0.1) is 23.0 Å². The normalized spacial score (nSPS) is 14.6. The molecule has 1 rings (SSSR count). The van der Waals surface area contributed by atoms with Crippen LogP contribution in [0.5, 0.6) is 0 Å². The fraction of sp³-hybridized carbons (Fsp3) is 0.615. The molecule has 0 aliphatic rings. The van der Waals surface area contributed by atoms with Gasteiger partial charge >= 0.3 is 0 Å². The Morgan fingerprint density at radius 2 is 1.94 bits per heavy atom. The Balaban J connectivity index is 3.34. The SMILES string of the molecule is CNC(C)C(c1nc(C)ccc1[N+](=O)[O-])C(C)C. The van der Waals surface area contributed by atoms with E-state index in [1.54, 1.807) is 12.1 Å². The number of rotatable bonds is 5. The van der Waals surface area contributed by atoms with Crippen molar-refractivity contribution in [2.75, 3.05) is 7.05 Å². The minimum atomic E-state index is -0.348. The molecule has 1 heterocycles. The van der Waals surface area contributed by atoms with E-state index in [0.29, 0.717) is 5.69 Å². The van der Waals surface area contributed by atoms with Crippen LogP contribution in [-0.2, 0) is 0 Å². The van der Waals surface area contributed by atoms with Crippen LogP contribution < -0.4 is 5.32 Å². The molecule has 1 aromatic rings. The Labute approximate surface area is 108 Å². The molecule has 0 spiro atoms. The van der Waals surface area contributed by atoms with E-state index in [1.165, 1.54) is 0 Å². The van der Waals surface area contributed by atoms with E-state index >= 15 is 0 Å². The van der Waals surface area contributed by atoms with E-state index in [4.69, 9.17) is 0 Å². The van der Waals surface area contributed by atoms with Crippen molar-refractivity contribution in [3.05, 3.63) is 33.6 Å².